The maximum Gasteiger partial charge on any atom is 0.0486 e. The molecule has 0 aliphatic heterocycles. The quantitative estimate of drug-likeness (QED) is 0.579. The molecule has 1 nitrogen and oxygen atoms in total. The van der Waals surface area contributed by atoms with E-state index in [9.17, 15) is 0 Å². The van der Waals surface area contributed by atoms with Gasteiger partial charge in [0.25, 0.3) is 0 Å². The lowest BCUT2D eigenvalue weighted by atomic mass is 9.84. The van der Waals surface area contributed by atoms with Crippen molar-refractivity contribution in [3.63, 3.8) is 0 Å². The molecule has 0 radical (unpaired) electrons. The van der Waals surface area contributed by atoms with Crippen LogP contribution in [0.15, 0.2) is 60.8 Å². The van der Waals surface area contributed by atoms with Crippen LogP contribution in [0.3, 0.4) is 0 Å². The maximum absolute atomic E-state index is 2.44. The van der Waals surface area contributed by atoms with Gasteiger partial charge < -0.3 is 4.57 Å². The zero-order valence-corrected chi connectivity index (χ0v) is 13.0. The number of fused-ring (bicyclic) bond motifs is 1. The summed E-state index contributed by atoms with van der Waals surface area (Å²) in [5, 5.41) is 1.46. The van der Waals surface area contributed by atoms with Gasteiger partial charge in [-0.2, -0.15) is 0 Å². The SMILES string of the molecule is c1ccc(Cn2cc(C3CCCCC3)c3ccccc32)cc1. The van der Waals surface area contributed by atoms with Crippen LogP contribution in [0.25, 0.3) is 10.9 Å². The van der Waals surface area contributed by atoms with Crippen LogP contribution in [0.4, 0.5) is 0 Å². The molecule has 112 valence electrons. The lowest BCUT2D eigenvalue weighted by Crippen LogP contribution is -2.04. The molecule has 0 amide bonds. The molecular weight excluding hydrogens is 266 g/mol. The Morgan fingerprint density at radius 3 is 2.36 bits per heavy atom. The van der Waals surface area contributed by atoms with Gasteiger partial charge in [0, 0.05) is 23.6 Å². The summed E-state index contributed by atoms with van der Waals surface area (Å²) in [6.45, 7) is 0.966. The van der Waals surface area contributed by atoms with Crippen LogP contribution in [0.5, 0.6) is 0 Å². The molecule has 3 aromatic rings. The molecule has 0 unspecified atom stereocenters. The summed E-state index contributed by atoms with van der Waals surface area (Å²) in [5.74, 6) is 0.760. The van der Waals surface area contributed by atoms with E-state index in [2.05, 4.69) is 65.4 Å². The Morgan fingerprint density at radius 1 is 0.818 bits per heavy atom. The highest BCUT2D eigenvalue weighted by atomic mass is 15.0. The van der Waals surface area contributed by atoms with Crippen LogP contribution >= 0.6 is 0 Å². The smallest absolute Gasteiger partial charge is 0.0486 e. The summed E-state index contributed by atoms with van der Waals surface area (Å²) in [4.78, 5) is 0. The molecule has 0 atom stereocenters. The number of aromatic nitrogens is 1. The van der Waals surface area contributed by atoms with Crippen molar-refractivity contribution in [1.29, 1.82) is 0 Å². The highest BCUT2D eigenvalue weighted by Gasteiger charge is 2.20. The number of hydrogen-bond acceptors (Lipinski definition) is 0. The summed E-state index contributed by atoms with van der Waals surface area (Å²) in [6, 6.07) is 19.7. The molecule has 0 bridgehead atoms. The Kier molecular flexibility index (Phi) is 3.72. The molecule has 1 heterocycles. The standard InChI is InChI=1S/C21H23N/c1-3-9-17(10-4-1)15-22-16-20(18-11-5-2-6-12-18)19-13-7-8-14-21(19)22/h1,3-4,7-10,13-14,16,18H,2,5-6,11-12,15H2. The second-order valence-corrected chi connectivity index (χ2v) is 6.55. The van der Waals surface area contributed by atoms with E-state index in [1.54, 1.807) is 5.56 Å². The summed E-state index contributed by atoms with van der Waals surface area (Å²) in [5.41, 5.74) is 4.33. The minimum absolute atomic E-state index is 0.760. The Balaban J connectivity index is 1.75. The van der Waals surface area contributed by atoms with Gasteiger partial charge in [-0.25, -0.2) is 0 Å². The third kappa shape index (κ3) is 2.56. The Hall–Kier alpha value is -2.02. The van der Waals surface area contributed by atoms with Crippen molar-refractivity contribution in [2.75, 3.05) is 0 Å². The third-order valence-corrected chi connectivity index (χ3v) is 5.06. The fourth-order valence-corrected chi connectivity index (χ4v) is 3.93. The average Bonchev–Trinajstić information content (AvgIpc) is 2.96. The van der Waals surface area contributed by atoms with Crippen molar-refractivity contribution in [2.45, 2.75) is 44.6 Å². The average molecular weight is 289 g/mol. The van der Waals surface area contributed by atoms with Gasteiger partial charge in [-0.05, 0) is 36.0 Å². The van der Waals surface area contributed by atoms with Crippen LogP contribution in [-0.2, 0) is 6.54 Å². The number of benzene rings is 2. The van der Waals surface area contributed by atoms with Gasteiger partial charge in [0.15, 0.2) is 0 Å². The van der Waals surface area contributed by atoms with Crippen molar-refractivity contribution < 1.29 is 0 Å². The zero-order valence-electron chi connectivity index (χ0n) is 13.0. The van der Waals surface area contributed by atoms with Crippen LogP contribution in [0.1, 0.15) is 49.1 Å². The molecule has 0 saturated heterocycles. The molecule has 1 aromatic heterocycles. The monoisotopic (exact) mass is 289 g/mol. The first-order chi connectivity index (χ1) is 10.9. The molecule has 2 aromatic carbocycles. The molecule has 1 aliphatic carbocycles. The summed E-state index contributed by atoms with van der Waals surface area (Å²) in [7, 11) is 0. The topological polar surface area (TPSA) is 4.93 Å². The Labute approximate surface area is 132 Å². The molecule has 0 spiro atoms. The van der Waals surface area contributed by atoms with Gasteiger partial charge in [-0.3, -0.25) is 0 Å². The predicted molar refractivity (Wildman–Crippen MR) is 93.3 cm³/mol. The molecule has 22 heavy (non-hydrogen) atoms. The van der Waals surface area contributed by atoms with E-state index in [4.69, 9.17) is 0 Å². The largest absolute Gasteiger partial charge is 0.343 e. The van der Waals surface area contributed by atoms with Crippen molar-refractivity contribution in [1.82, 2.24) is 4.57 Å². The number of nitrogens with zero attached hydrogens (tertiary/aromatic N) is 1. The predicted octanol–water partition coefficient (Wildman–Crippen LogP) is 5.74. The zero-order chi connectivity index (χ0) is 14.8. The second-order valence-electron chi connectivity index (χ2n) is 6.55. The fourth-order valence-electron chi connectivity index (χ4n) is 3.93. The highest BCUT2D eigenvalue weighted by Crippen LogP contribution is 2.37. The molecule has 0 N–H and O–H groups in total. The van der Waals surface area contributed by atoms with Gasteiger partial charge in [-0.15, -0.1) is 0 Å². The van der Waals surface area contributed by atoms with Gasteiger partial charge in [0.1, 0.15) is 0 Å². The van der Waals surface area contributed by atoms with E-state index < -0.39 is 0 Å². The number of para-hydroxylation sites is 1. The van der Waals surface area contributed by atoms with Crippen molar-refractivity contribution in [3.8, 4) is 0 Å². The number of hydrogen-bond donors (Lipinski definition) is 0. The molecule has 1 saturated carbocycles. The minimum Gasteiger partial charge on any atom is -0.343 e. The summed E-state index contributed by atoms with van der Waals surface area (Å²) < 4.78 is 2.44. The van der Waals surface area contributed by atoms with E-state index in [1.807, 2.05) is 0 Å². The fraction of sp³-hybridized carbons (Fsp3) is 0.333. The van der Waals surface area contributed by atoms with E-state index >= 15 is 0 Å². The maximum atomic E-state index is 2.44. The molecule has 4 rings (SSSR count). The molecule has 1 aliphatic rings. The van der Waals surface area contributed by atoms with Gasteiger partial charge >= 0.3 is 0 Å². The van der Waals surface area contributed by atoms with Gasteiger partial charge in [0.2, 0.25) is 0 Å². The summed E-state index contributed by atoms with van der Waals surface area (Å²) >= 11 is 0. The first kappa shape index (κ1) is 13.6. The van der Waals surface area contributed by atoms with E-state index in [-0.39, 0.29) is 0 Å². The van der Waals surface area contributed by atoms with Crippen molar-refractivity contribution in [3.05, 3.63) is 71.9 Å². The van der Waals surface area contributed by atoms with Crippen LogP contribution in [-0.4, -0.2) is 4.57 Å². The Morgan fingerprint density at radius 2 is 1.55 bits per heavy atom. The third-order valence-electron chi connectivity index (χ3n) is 5.06. The Bertz CT molecular complexity index is 748. The van der Waals surface area contributed by atoms with Crippen molar-refractivity contribution >= 4 is 10.9 Å². The van der Waals surface area contributed by atoms with E-state index in [0.717, 1.165) is 12.5 Å². The first-order valence-electron chi connectivity index (χ1n) is 8.53. The van der Waals surface area contributed by atoms with Crippen LogP contribution in [0, 0.1) is 0 Å². The van der Waals surface area contributed by atoms with Crippen molar-refractivity contribution in [2.24, 2.45) is 0 Å². The normalized spacial score (nSPS) is 16.2. The first-order valence-corrected chi connectivity index (χ1v) is 8.53. The van der Waals surface area contributed by atoms with Gasteiger partial charge in [-0.1, -0.05) is 67.8 Å². The van der Waals surface area contributed by atoms with Crippen LogP contribution < -0.4 is 0 Å². The minimum atomic E-state index is 0.760. The van der Waals surface area contributed by atoms with Gasteiger partial charge in [0.05, 0.1) is 0 Å². The second kappa shape index (κ2) is 6.00. The lowest BCUT2D eigenvalue weighted by Gasteiger charge is -2.21. The lowest BCUT2D eigenvalue weighted by molar-refractivity contribution is 0.445. The molecule has 1 heteroatoms. The van der Waals surface area contributed by atoms with Crippen LogP contribution in [0.2, 0.25) is 0 Å². The summed E-state index contributed by atoms with van der Waals surface area (Å²) in [6.07, 6.45) is 9.34. The van der Waals surface area contributed by atoms with E-state index in [1.165, 1.54) is 48.6 Å². The highest BCUT2D eigenvalue weighted by molar-refractivity contribution is 5.84. The molecular formula is C21H23N. The number of rotatable bonds is 3. The molecule has 1 fully saturated rings. The van der Waals surface area contributed by atoms with E-state index in [0.29, 0.717) is 0 Å².